The van der Waals surface area contributed by atoms with Crippen molar-refractivity contribution in [3.8, 4) is 0 Å². The van der Waals surface area contributed by atoms with Crippen LogP contribution in [0.25, 0.3) is 0 Å². The van der Waals surface area contributed by atoms with E-state index in [4.69, 9.17) is 5.73 Å². The summed E-state index contributed by atoms with van der Waals surface area (Å²) in [6.07, 6.45) is 4.21. The summed E-state index contributed by atoms with van der Waals surface area (Å²) in [4.78, 5) is 0. The molecular formula is C12H16FN. The third-order valence-electron chi connectivity index (χ3n) is 3.32. The largest absolute Gasteiger partial charge is 0.399 e. The van der Waals surface area contributed by atoms with Gasteiger partial charge in [0, 0.05) is 11.1 Å². The van der Waals surface area contributed by atoms with Gasteiger partial charge in [-0.25, -0.2) is 0 Å². The summed E-state index contributed by atoms with van der Waals surface area (Å²) in [5.74, 6) is 0. The fourth-order valence-electron chi connectivity index (χ4n) is 2.42. The molecule has 0 aliphatic heterocycles. The van der Waals surface area contributed by atoms with Crippen molar-refractivity contribution in [2.24, 2.45) is 0 Å². The van der Waals surface area contributed by atoms with E-state index in [1.165, 1.54) is 0 Å². The minimum atomic E-state index is -0.254. The molecule has 0 bridgehead atoms. The Bertz CT molecular complexity index is 316. The first-order valence-corrected chi connectivity index (χ1v) is 5.19. The van der Waals surface area contributed by atoms with Crippen LogP contribution in [0.4, 0.5) is 10.1 Å². The highest BCUT2D eigenvalue weighted by Gasteiger charge is 2.35. The molecule has 1 nitrogen and oxygen atoms in total. The van der Waals surface area contributed by atoms with E-state index in [1.54, 1.807) is 0 Å². The van der Waals surface area contributed by atoms with Gasteiger partial charge in [0.05, 0.1) is 6.67 Å². The average Bonchev–Trinajstić information content (AvgIpc) is 2.67. The first-order valence-electron chi connectivity index (χ1n) is 5.19. The van der Waals surface area contributed by atoms with E-state index in [0.717, 1.165) is 36.9 Å². The molecule has 0 radical (unpaired) electrons. The van der Waals surface area contributed by atoms with E-state index in [1.807, 2.05) is 24.3 Å². The molecule has 1 aliphatic rings. The molecule has 76 valence electrons. The van der Waals surface area contributed by atoms with Crippen LogP contribution in [0.15, 0.2) is 24.3 Å². The summed E-state index contributed by atoms with van der Waals surface area (Å²) in [5, 5.41) is 0. The number of halogens is 1. The summed E-state index contributed by atoms with van der Waals surface area (Å²) in [6, 6.07) is 7.69. The first kappa shape index (κ1) is 9.50. The van der Waals surface area contributed by atoms with Gasteiger partial charge in [-0.05, 0) is 30.5 Å². The van der Waals surface area contributed by atoms with Crippen LogP contribution in [0.3, 0.4) is 0 Å². The SMILES string of the molecule is Nc1cccc(C2(CF)CCCC2)c1. The lowest BCUT2D eigenvalue weighted by atomic mass is 9.80. The highest BCUT2D eigenvalue weighted by molar-refractivity contribution is 5.43. The second-order valence-electron chi connectivity index (χ2n) is 4.25. The van der Waals surface area contributed by atoms with Crippen LogP contribution in [-0.4, -0.2) is 6.67 Å². The lowest BCUT2D eigenvalue weighted by Gasteiger charge is -2.26. The van der Waals surface area contributed by atoms with Crippen molar-refractivity contribution in [2.45, 2.75) is 31.1 Å². The minimum Gasteiger partial charge on any atom is -0.399 e. The van der Waals surface area contributed by atoms with Crippen LogP contribution in [0, 0.1) is 0 Å². The number of nitrogens with two attached hydrogens (primary N) is 1. The lowest BCUT2D eigenvalue weighted by molar-refractivity contribution is 0.309. The molecule has 1 aliphatic carbocycles. The maximum Gasteiger partial charge on any atom is 0.0990 e. The third kappa shape index (κ3) is 1.49. The first-order chi connectivity index (χ1) is 6.77. The topological polar surface area (TPSA) is 26.0 Å². The van der Waals surface area contributed by atoms with E-state index in [2.05, 4.69) is 0 Å². The molecule has 1 saturated carbocycles. The summed E-state index contributed by atoms with van der Waals surface area (Å²) in [7, 11) is 0. The molecule has 0 saturated heterocycles. The number of benzene rings is 1. The molecule has 0 amide bonds. The summed E-state index contributed by atoms with van der Waals surface area (Å²) < 4.78 is 13.1. The maximum atomic E-state index is 13.1. The molecule has 2 heteroatoms. The van der Waals surface area contributed by atoms with E-state index in [9.17, 15) is 4.39 Å². The molecule has 0 spiro atoms. The van der Waals surface area contributed by atoms with Crippen LogP contribution in [-0.2, 0) is 5.41 Å². The van der Waals surface area contributed by atoms with E-state index < -0.39 is 0 Å². The number of nitrogen functional groups attached to an aromatic ring is 1. The van der Waals surface area contributed by atoms with Crippen LogP contribution < -0.4 is 5.73 Å². The van der Waals surface area contributed by atoms with E-state index in [0.29, 0.717) is 0 Å². The quantitative estimate of drug-likeness (QED) is 0.718. The molecule has 2 N–H and O–H groups in total. The molecule has 1 aromatic carbocycles. The molecule has 1 fully saturated rings. The second-order valence-corrected chi connectivity index (χ2v) is 4.25. The maximum absolute atomic E-state index is 13.1. The smallest absolute Gasteiger partial charge is 0.0990 e. The van der Waals surface area contributed by atoms with Crippen molar-refractivity contribution in [1.82, 2.24) is 0 Å². The molecule has 0 heterocycles. The Labute approximate surface area is 84.1 Å². The number of anilines is 1. The number of hydrogen-bond acceptors (Lipinski definition) is 1. The van der Waals surface area contributed by atoms with E-state index in [-0.39, 0.29) is 12.1 Å². The summed E-state index contributed by atoms with van der Waals surface area (Å²) in [5.41, 5.74) is 7.31. The Balaban J connectivity index is 2.35. The molecule has 14 heavy (non-hydrogen) atoms. The molecule has 0 aromatic heterocycles. The summed E-state index contributed by atoms with van der Waals surface area (Å²) in [6.45, 7) is -0.254. The zero-order chi connectivity index (χ0) is 10.0. The van der Waals surface area contributed by atoms with Crippen LogP contribution >= 0.6 is 0 Å². The zero-order valence-electron chi connectivity index (χ0n) is 8.30. The van der Waals surface area contributed by atoms with Gasteiger partial charge in [0.1, 0.15) is 0 Å². The monoisotopic (exact) mass is 193 g/mol. The number of hydrogen-bond donors (Lipinski definition) is 1. The van der Waals surface area contributed by atoms with Gasteiger partial charge in [-0.15, -0.1) is 0 Å². The fraction of sp³-hybridized carbons (Fsp3) is 0.500. The van der Waals surface area contributed by atoms with Crippen molar-refractivity contribution in [3.05, 3.63) is 29.8 Å². The normalized spacial score (nSPS) is 19.8. The molecule has 0 atom stereocenters. The van der Waals surface area contributed by atoms with Gasteiger partial charge in [0.15, 0.2) is 0 Å². The van der Waals surface area contributed by atoms with Crippen molar-refractivity contribution >= 4 is 5.69 Å². The zero-order valence-corrected chi connectivity index (χ0v) is 8.30. The van der Waals surface area contributed by atoms with Crippen molar-refractivity contribution in [1.29, 1.82) is 0 Å². The van der Waals surface area contributed by atoms with Gasteiger partial charge >= 0.3 is 0 Å². The van der Waals surface area contributed by atoms with Gasteiger partial charge in [0.2, 0.25) is 0 Å². The van der Waals surface area contributed by atoms with E-state index >= 15 is 0 Å². The Morgan fingerprint density at radius 2 is 2.00 bits per heavy atom. The Hall–Kier alpha value is -1.05. The highest BCUT2D eigenvalue weighted by atomic mass is 19.1. The Morgan fingerprint density at radius 3 is 2.57 bits per heavy atom. The second kappa shape index (κ2) is 3.60. The standard InChI is InChI=1S/C12H16FN/c13-9-12(6-1-2-7-12)10-4-3-5-11(14)8-10/h3-5,8H,1-2,6-7,9,14H2. The average molecular weight is 193 g/mol. The van der Waals surface area contributed by atoms with Gasteiger partial charge in [0.25, 0.3) is 0 Å². The lowest BCUT2D eigenvalue weighted by Crippen LogP contribution is -2.24. The highest BCUT2D eigenvalue weighted by Crippen LogP contribution is 2.41. The number of rotatable bonds is 2. The third-order valence-corrected chi connectivity index (χ3v) is 3.32. The van der Waals surface area contributed by atoms with Crippen LogP contribution in [0.5, 0.6) is 0 Å². The van der Waals surface area contributed by atoms with Crippen molar-refractivity contribution < 1.29 is 4.39 Å². The molecule has 2 rings (SSSR count). The van der Waals surface area contributed by atoms with Crippen LogP contribution in [0.2, 0.25) is 0 Å². The molecular weight excluding hydrogens is 177 g/mol. The molecule has 1 aromatic rings. The fourth-order valence-corrected chi connectivity index (χ4v) is 2.42. The van der Waals surface area contributed by atoms with Crippen LogP contribution in [0.1, 0.15) is 31.2 Å². The summed E-state index contributed by atoms with van der Waals surface area (Å²) >= 11 is 0. The van der Waals surface area contributed by atoms with Gasteiger partial charge in [-0.1, -0.05) is 25.0 Å². The molecule has 0 unspecified atom stereocenters. The van der Waals surface area contributed by atoms with Crippen molar-refractivity contribution in [2.75, 3.05) is 12.4 Å². The van der Waals surface area contributed by atoms with Gasteiger partial charge in [-0.2, -0.15) is 0 Å². The van der Waals surface area contributed by atoms with Crippen molar-refractivity contribution in [3.63, 3.8) is 0 Å². The van der Waals surface area contributed by atoms with Gasteiger partial charge < -0.3 is 5.73 Å². The Morgan fingerprint density at radius 1 is 1.29 bits per heavy atom. The predicted octanol–water partition coefficient (Wildman–Crippen LogP) is 3.05. The Kier molecular flexibility index (Phi) is 2.44. The van der Waals surface area contributed by atoms with Gasteiger partial charge in [-0.3, -0.25) is 4.39 Å². The minimum absolute atomic E-state index is 0.227. The number of alkyl halides is 1. The predicted molar refractivity (Wildman–Crippen MR) is 57.0 cm³/mol.